The molecule has 0 aliphatic carbocycles. The Balaban J connectivity index is 1.89. The van der Waals surface area contributed by atoms with Crippen LogP contribution in [0.15, 0.2) is 30.5 Å². The summed E-state index contributed by atoms with van der Waals surface area (Å²) in [6, 6.07) is 5.86. The van der Waals surface area contributed by atoms with Crippen LogP contribution in [0.25, 0.3) is 11.4 Å². The first-order chi connectivity index (χ1) is 10.1. The highest BCUT2D eigenvalue weighted by Crippen LogP contribution is 2.31. The molecule has 0 fully saturated rings. The molecule has 1 aromatic carbocycles. The molecule has 0 saturated heterocycles. The number of aromatic amines is 1. The summed E-state index contributed by atoms with van der Waals surface area (Å²) in [5, 5.41) is 13.8. The fourth-order valence-corrected chi connectivity index (χ4v) is 2.02. The van der Waals surface area contributed by atoms with Crippen LogP contribution in [0.3, 0.4) is 0 Å². The largest absolute Gasteiger partial charge is 0.436 e. The van der Waals surface area contributed by atoms with Gasteiger partial charge in [-0.1, -0.05) is 23.2 Å². The van der Waals surface area contributed by atoms with Crippen molar-refractivity contribution in [3.05, 3.63) is 46.3 Å². The first-order valence-electron chi connectivity index (χ1n) is 5.66. The van der Waals surface area contributed by atoms with E-state index in [1.807, 2.05) is 0 Å². The molecule has 0 aliphatic rings. The molecule has 106 valence electrons. The SMILES string of the molecule is Fc1cc(Cl)cnc1Oc1ccc(-c2nnn[nH]2)c(Cl)c1. The van der Waals surface area contributed by atoms with Crippen LogP contribution in [-0.4, -0.2) is 25.6 Å². The minimum atomic E-state index is -0.665. The quantitative estimate of drug-likeness (QED) is 0.797. The lowest BCUT2D eigenvalue weighted by atomic mass is 10.2. The van der Waals surface area contributed by atoms with Gasteiger partial charge in [-0.05, 0) is 28.6 Å². The molecule has 6 nitrogen and oxygen atoms in total. The van der Waals surface area contributed by atoms with E-state index in [0.29, 0.717) is 22.2 Å². The Kier molecular flexibility index (Phi) is 3.68. The average Bonchev–Trinajstić information content (AvgIpc) is 2.96. The monoisotopic (exact) mass is 325 g/mol. The van der Waals surface area contributed by atoms with Crippen molar-refractivity contribution < 1.29 is 9.13 Å². The number of ether oxygens (including phenoxy) is 1. The Morgan fingerprint density at radius 2 is 2.05 bits per heavy atom. The van der Waals surface area contributed by atoms with Gasteiger partial charge in [-0.25, -0.2) is 14.5 Å². The zero-order chi connectivity index (χ0) is 14.8. The van der Waals surface area contributed by atoms with Crippen LogP contribution in [0.1, 0.15) is 0 Å². The van der Waals surface area contributed by atoms with Gasteiger partial charge in [-0.3, -0.25) is 0 Å². The van der Waals surface area contributed by atoms with E-state index in [4.69, 9.17) is 27.9 Å². The highest BCUT2D eigenvalue weighted by atomic mass is 35.5. The number of hydrogen-bond donors (Lipinski definition) is 1. The van der Waals surface area contributed by atoms with Gasteiger partial charge < -0.3 is 4.74 Å². The normalized spacial score (nSPS) is 10.6. The van der Waals surface area contributed by atoms with Gasteiger partial charge >= 0.3 is 0 Å². The summed E-state index contributed by atoms with van der Waals surface area (Å²) >= 11 is 11.7. The number of halogens is 3. The number of pyridine rings is 1. The number of hydrogen-bond acceptors (Lipinski definition) is 5. The summed E-state index contributed by atoms with van der Waals surface area (Å²) in [7, 11) is 0. The van der Waals surface area contributed by atoms with Gasteiger partial charge in [0.15, 0.2) is 11.6 Å². The van der Waals surface area contributed by atoms with Crippen LogP contribution in [0.5, 0.6) is 11.6 Å². The number of rotatable bonds is 3. The van der Waals surface area contributed by atoms with Crippen molar-refractivity contribution in [2.24, 2.45) is 0 Å². The van der Waals surface area contributed by atoms with Crippen LogP contribution in [-0.2, 0) is 0 Å². The van der Waals surface area contributed by atoms with Crippen molar-refractivity contribution in [1.29, 1.82) is 0 Å². The van der Waals surface area contributed by atoms with Gasteiger partial charge in [-0.2, -0.15) is 0 Å². The van der Waals surface area contributed by atoms with Gasteiger partial charge in [0.05, 0.1) is 10.0 Å². The maximum Gasteiger partial charge on any atom is 0.255 e. The number of nitrogens with zero attached hydrogens (tertiary/aromatic N) is 4. The fourth-order valence-electron chi connectivity index (χ4n) is 1.61. The molecule has 9 heteroatoms. The van der Waals surface area contributed by atoms with Gasteiger partial charge in [0, 0.05) is 17.8 Å². The Labute approximate surface area is 127 Å². The molecule has 2 aromatic heterocycles. The van der Waals surface area contributed by atoms with Crippen molar-refractivity contribution in [3.8, 4) is 23.0 Å². The average molecular weight is 326 g/mol. The van der Waals surface area contributed by atoms with E-state index in [9.17, 15) is 4.39 Å². The lowest BCUT2D eigenvalue weighted by Gasteiger charge is -2.07. The van der Waals surface area contributed by atoms with E-state index < -0.39 is 5.82 Å². The summed E-state index contributed by atoms with van der Waals surface area (Å²) < 4.78 is 18.9. The molecule has 0 radical (unpaired) electrons. The second-order valence-electron chi connectivity index (χ2n) is 3.93. The second kappa shape index (κ2) is 5.63. The van der Waals surface area contributed by atoms with Crippen molar-refractivity contribution in [2.75, 3.05) is 0 Å². The minimum Gasteiger partial charge on any atom is -0.436 e. The van der Waals surface area contributed by atoms with Crippen molar-refractivity contribution in [1.82, 2.24) is 25.6 Å². The molecule has 21 heavy (non-hydrogen) atoms. The lowest BCUT2D eigenvalue weighted by molar-refractivity contribution is 0.423. The van der Waals surface area contributed by atoms with Crippen LogP contribution in [0, 0.1) is 5.82 Å². The van der Waals surface area contributed by atoms with E-state index in [-0.39, 0.29) is 10.9 Å². The number of nitrogens with one attached hydrogen (secondary N) is 1. The van der Waals surface area contributed by atoms with Gasteiger partial charge in [0.25, 0.3) is 5.88 Å². The molecule has 0 aliphatic heterocycles. The van der Waals surface area contributed by atoms with E-state index in [1.54, 1.807) is 12.1 Å². The lowest BCUT2D eigenvalue weighted by Crippen LogP contribution is -1.92. The van der Waals surface area contributed by atoms with E-state index in [1.165, 1.54) is 12.3 Å². The molecule has 0 bridgehead atoms. The molecule has 0 saturated carbocycles. The molecule has 1 N–H and O–H groups in total. The van der Waals surface area contributed by atoms with E-state index in [2.05, 4.69) is 25.6 Å². The fraction of sp³-hybridized carbons (Fsp3) is 0. The molecule has 3 rings (SSSR count). The number of benzene rings is 1. The Morgan fingerprint density at radius 3 is 2.71 bits per heavy atom. The topological polar surface area (TPSA) is 76.6 Å². The predicted octanol–water partition coefficient (Wildman–Crippen LogP) is 3.50. The van der Waals surface area contributed by atoms with Crippen molar-refractivity contribution >= 4 is 23.2 Å². The van der Waals surface area contributed by atoms with Crippen LogP contribution in [0.4, 0.5) is 4.39 Å². The van der Waals surface area contributed by atoms with Crippen LogP contribution in [0.2, 0.25) is 10.0 Å². The molecule has 3 aromatic rings. The Bertz CT molecular complexity index is 781. The van der Waals surface area contributed by atoms with E-state index in [0.717, 1.165) is 6.07 Å². The first-order valence-corrected chi connectivity index (χ1v) is 6.41. The Morgan fingerprint density at radius 1 is 1.19 bits per heavy atom. The second-order valence-corrected chi connectivity index (χ2v) is 4.78. The van der Waals surface area contributed by atoms with Gasteiger partial charge in [-0.15, -0.1) is 5.10 Å². The van der Waals surface area contributed by atoms with Crippen LogP contribution >= 0.6 is 23.2 Å². The molecule has 0 spiro atoms. The molecule has 0 amide bonds. The van der Waals surface area contributed by atoms with Crippen molar-refractivity contribution in [2.45, 2.75) is 0 Å². The molecule has 0 atom stereocenters. The molecule has 2 heterocycles. The van der Waals surface area contributed by atoms with Gasteiger partial charge in [0.1, 0.15) is 5.75 Å². The third-order valence-electron chi connectivity index (χ3n) is 2.53. The summed E-state index contributed by atoms with van der Waals surface area (Å²) in [5.41, 5.74) is 0.596. The van der Waals surface area contributed by atoms with E-state index >= 15 is 0 Å². The third kappa shape index (κ3) is 2.93. The standard InChI is InChI=1S/C12H6Cl2FN5O/c13-6-3-10(15)12(16-5-6)21-7-1-2-8(9(14)4-7)11-17-19-20-18-11/h1-5H,(H,17,18,19,20). The third-order valence-corrected chi connectivity index (χ3v) is 3.05. The zero-order valence-corrected chi connectivity index (χ0v) is 11.7. The maximum atomic E-state index is 13.6. The number of tetrazole rings is 1. The van der Waals surface area contributed by atoms with Gasteiger partial charge in [0.2, 0.25) is 0 Å². The molecular formula is C12H6Cl2FN5O. The molecular weight excluding hydrogens is 320 g/mol. The molecule has 0 unspecified atom stereocenters. The smallest absolute Gasteiger partial charge is 0.255 e. The van der Waals surface area contributed by atoms with Crippen LogP contribution < -0.4 is 4.74 Å². The number of aromatic nitrogens is 5. The zero-order valence-electron chi connectivity index (χ0n) is 10.2. The first kappa shape index (κ1) is 13.7. The Hall–Kier alpha value is -2.25. The summed E-state index contributed by atoms with van der Waals surface area (Å²) in [6.45, 7) is 0. The predicted molar refractivity (Wildman–Crippen MR) is 73.9 cm³/mol. The summed E-state index contributed by atoms with van der Waals surface area (Å²) in [5.74, 6) is -0.112. The summed E-state index contributed by atoms with van der Waals surface area (Å²) in [6.07, 6.45) is 1.29. The highest BCUT2D eigenvalue weighted by molar-refractivity contribution is 6.33. The van der Waals surface area contributed by atoms with Crippen molar-refractivity contribution in [3.63, 3.8) is 0 Å². The summed E-state index contributed by atoms with van der Waals surface area (Å²) in [4.78, 5) is 3.76. The highest BCUT2D eigenvalue weighted by Gasteiger charge is 2.11. The maximum absolute atomic E-state index is 13.6. The number of H-pyrrole nitrogens is 1. The minimum absolute atomic E-state index is 0.186.